The van der Waals surface area contributed by atoms with Gasteiger partial charge in [-0.15, -0.1) is 9.94 Å². The molecule has 2 aromatic rings. The van der Waals surface area contributed by atoms with Gasteiger partial charge < -0.3 is 5.21 Å². The van der Waals surface area contributed by atoms with E-state index in [1.165, 1.54) is 0 Å². The van der Waals surface area contributed by atoms with Crippen LogP contribution in [0.1, 0.15) is 0 Å². The van der Waals surface area contributed by atoms with Crippen LogP contribution in [-0.2, 0) is 0 Å². The number of halogens is 1. The number of nitrogens with one attached hydrogen (secondary N) is 1. The maximum Gasteiger partial charge on any atom is 0.203 e. The normalized spacial score (nSPS) is 10.6. The molecule has 56 valence electrons. The molecule has 0 amide bonds. The summed E-state index contributed by atoms with van der Waals surface area (Å²) in [6, 6.07) is 4.97. The van der Waals surface area contributed by atoms with Gasteiger partial charge in [0.2, 0.25) is 5.52 Å². The minimum absolute atomic E-state index is 0.456. The second kappa shape index (κ2) is 2.10. The molecule has 1 heterocycles. The van der Waals surface area contributed by atoms with Crippen molar-refractivity contribution in [2.45, 2.75) is 0 Å². The average Bonchev–Trinajstić information content (AvgIpc) is 2.33. The molecule has 0 saturated carbocycles. The fourth-order valence-electron chi connectivity index (χ4n) is 0.911. The number of hydrogen-bond acceptors (Lipinski definition) is 2. The van der Waals surface area contributed by atoms with Gasteiger partial charge in [0.15, 0.2) is 5.52 Å². The van der Waals surface area contributed by atoms with E-state index in [0.717, 1.165) is 0 Å². The highest BCUT2D eigenvalue weighted by atomic mass is 35.5. The molecule has 0 aliphatic carbocycles. The first-order chi connectivity index (χ1) is 5.27. The first kappa shape index (κ1) is 6.42. The van der Waals surface area contributed by atoms with Gasteiger partial charge >= 0.3 is 0 Å². The third kappa shape index (κ3) is 0.914. The van der Waals surface area contributed by atoms with E-state index in [1.807, 2.05) is 0 Å². The molecular formula is C6H4ClN3O. The van der Waals surface area contributed by atoms with Crippen molar-refractivity contribution < 1.29 is 4.85 Å². The Hall–Kier alpha value is -1.29. The van der Waals surface area contributed by atoms with Crippen LogP contribution in [0.3, 0.4) is 0 Å². The Kier molecular flexibility index (Phi) is 1.22. The summed E-state index contributed by atoms with van der Waals surface area (Å²) in [5.41, 5.74) is 1.14. The Morgan fingerprint density at radius 3 is 3.18 bits per heavy atom. The Balaban J connectivity index is 2.87. The van der Waals surface area contributed by atoms with E-state index in [4.69, 9.17) is 11.6 Å². The van der Waals surface area contributed by atoms with Crippen LogP contribution >= 0.6 is 11.6 Å². The molecule has 0 unspecified atom stereocenters. The fourth-order valence-corrected chi connectivity index (χ4v) is 1.08. The minimum atomic E-state index is 0.456. The standard InChI is InChI=1S/C6H4ClN3O/c7-4-1-2-5-6(3-4)10(11)9-8-5/h1-3,8H. The Morgan fingerprint density at radius 1 is 1.55 bits per heavy atom. The lowest BCUT2D eigenvalue weighted by molar-refractivity contribution is -0.644. The lowest BCUT2D eigenvalue weighted by atomic mass is 10.3. The lowest BCUT2D eigenvalue weighted by Gasteiger charge is -1.91. The van der Waals surface area contributed by atoms with Gasteiger partial charge in [0.05, 0.1) is 5.21 Å². The van der Waals surface area contributed by atoms with Crippen molar-refractivity contribution in [3.8, 4) is 0 Å². The molecule has 0 fully saturated rings. The van der Waals surface area contributed by atoms with Crippen LogP contribution in [0.5, 0.6) is 0 Å². The second-order valence-corrected chi connectivity index (χ2v) is 2.58. The minimum Gasteiger partial charge on any atom is -0.691 e. The van der Waals surface area contributed by atoms with Crippen LogP contribution < -0.4 is 4.85 Å². The first-order valence-corrected chi connectivity index (χ1v) is 3.38. The van der Waals surface area contributed by atoms with E-state index in [1.54, 1.807) is 18.2 Å². The lowest BCUT2D eigenvalue weighted by Crippen LogP contribution is -2.27. The summed E-state index contributed by atoms with van der Waals surface area (Å²) < 4.78 is 0. The summed E-state index contributed by atoms with van der Waals surface area (Å²) in [6.45, 7) is 0. The summed E-state index contributed by atoms with van der Waals surface area (Å²) in [6.07, 6.45) is 0. The van der Waals surface area contributed by atoms with Gasteiger partial charge in [0.25, 0.3) is 0 Å². The molecule has 2 rings (SSSR count). The molecule has 0 spiro atoms. The van der Waals surface area contributed by atoms with E-state index >= 15 is 0 Å². The molecule has 0 aliphatic heterocycles. The summed E-state index contributed by atoms with van der Waals surface area (Å²) in [4.78, 5) is 0.501. The Bertz CT molecular complexity index is 398. The van der Waals surface area contributed by atoms with Crippen molar-refractivity contribution in [3.63, 3.8) is 0 Å². The summed E-state index contributed by atoms with van der Waals surface area (Å²) in [5.74, 6) is 0. The number of hydrogen-bond donors (Lipinski definition) is 1. The van der Waals surface area contributed by atoms with Crippen molar-refractivity contribution in [2.75, 3.05) is 0 Å². The van der Waals surface area contributed by atoms with Gasteiger partial charge in [-0.25, -0.2) is 0 Å². The van der Waals surface area contributed by atoms with Crippen LogP contribution in [0.15, 0.2) is 18.2 Å². The van der Waals surface area contributed by atoms with Gasteiger partial charge in [0, 0.05) is 11.1 Å². The molecule has 1 aromatic heterocycles. The maximum absolute atomic E-state index is 10.8. The topological polar surface area (TPSA) is 55.6 Å². The van der Waals surface area contributed by atoms with Crippen molar-refractivity contribution in [3.05, 3.63) is 28.4 Å². The zero-order valence-electron chi connectivity index (χ0n) is 5.41. The quantitative estimate of drug-likeness (QED) is 0.470. The highest BCUT2D eigenvalue weighted by Crippen LogP contribution is 2.13. The van der Waals surface area contributed by atoms with Crippen molar-refractivity contribution in [1.82, 2.24) is 10.3 Å². The van der Waals surface area contributed by atoms with Crippen LogP contribution in [-0.4, -0.2) is 10.3 Å². The number of fused-ring (bicyclic) bond motifs is 1. The molecule has 4 nitrogen and oxygen atoms in total. The summed E-state index contributed by atoms with van der Waals surface area (Å²) >= 11 is 5.65. The van der Waals surface area contributed by atoms with Crippen molar-refractivity contribution in [2.24, 2.45) is 0 Å². The average molecular weight is 170 g/mol. The van der Waals surface area contributed by atoms with Crippen LogP contribution in [0.4, 0.5) is 0 Å². The zero-order chi connectivity index (χ0) is 7.84. The predicted octanol–water partition coefficient (Wildman–Crippen LogP) is 0.850. The number of aromatic nitrogens is 3. The highest BCUT2D eigenvalue weighted by molar-refractivity contribution is 6.31. The van der Waals surface area contributed by atoms with Gasteiger partial charge in [-0.3, -0.25) is 0 Å². The first-order valence-electron chi connectivity index (χ1n) is 3.01. The molecule has 5 heteroatoms. The van der Waals surface area contributed by atoms with E-state index in [2.05, 4.69) is 10.3 Å². The number of benzene rings is 1. The molecule has 1 aromatic carbocycles. The molecule has 0 aliphatic rings. The van der Waals surface area contributed by atoms with Gasteiger partial charge in [0.1, 0.15) is 0 Å². The van der Waals surface area contributed by atoms with Crippen LogP contribution in [0.25, 0.3) is 11.0 Å². The van der Waals surface area contributed by atoms with E-state index in [9.17, 15) is 5.21 Å². The SMILES string of the molecule is [O-][n+]1n[nH]c2ccc(Cl)cc21. The predicted molar refractivity (Wildman–Crippen MR) is 40.1 cm³/mol. The van der Waals surface area contributed by atoms with Crippen LogP contribution in [0, 0.1) is 5.21 Å². The van der Waals surface area contributed by atoms with Gasteiger partial charge in [-0.05, 0) is 12.1 Å². The molecular weight excluding hydrogens is 166 g/mol. The number of aromatic amines is 1. The Morgan fingerprint density at radius 2 is 2.36 bits per heavy atom. The molecule has 0 saturated heterocycles. The third-order valence-electron chi connectivity index (χ3n) is 1.43. The monoisotopic (exact) mass is 169 g/mol. The fraction of sp³-hybridized carbons (Fsp3) is 0. The largest absolute Gasteiger partial charge is 0.691 e. The molecule has 0 bridgehead atoms. The van der Waals surface area contributed by atoms with E-state index < -0.39 is 0 Å². The van der Waals surface area contributed by atoms with Gasteiger partial charge in [-0.1, -0.05) is 11.6 Å². The van der Waals surface area contributed by atoms with Crippen LogP contribution in [0.2, 0.25) is 5.02 Å². The smallest absolute Gasteiger partial charge is 0.203 e. The molecule has 11 heavy (non-hydrogen) atoms. The molecule has 1 N–H and O–H groups in total. The van der Waals surface area contributed by atoms with Gasteiger partial charge in [-0.2, -0.15) is 0 Å². The molecule has 0 atom stereocenters. The van der Waals surface area contributed by atoms with Crippen molar-refractivity contribution in [1.29, 1.82) is 0 Å². The zero-order valence-corrected chi connectivity index (χ0v) is 6.17. The number of nitrogens with zero attached hydrogens (tertiary/aromatic N) is 2. The second-order valence-electron chi connectivity index (χ2n) is 2.15. The highest BCUT2D eigenvalue weighted by Gasteiger charge is 2.04. The number of rotatable bonds is 0. The summed E-state index contributed by atoms with van der Waals surface area (Å²) in [5, 5.41) is 17.3. The molecule has 0 radical (unpaired) electrons. The maximum atomic E-state index is 10.8. The van der Waals surface area contributed by atoms with Crippen molar-refractivity contribution >= 4 is 22.6 Å². The summed E-state index contributed by atoms with van der Waals surface area (Å²) in [7, 11) is 0. The Labute approximate surface area is 67.0 Å². The number of H-pyrrole nitrogens is 1. The third-order valence-corrected chi connectivity index (χ3v) is 1.66. The van der Waals surface area contributed by atoms with E-state index in [-0.39, 0.29) is 0 Å². The van der Waals surface area contributed by atoms with E-state index in [0.29, 0.717) is 20.9 Å².